The van der Waals surface area contributed by atoms with Gasteiger partial charge >= 0.3 is 12.0 Å². The SMILES string of the molecule is NC(=O)N1CCC[C@@H]1COC(=O)c1ccco1. The Balaban J connectivity index is 1.86. The van der Waals surface area contributed by atoms with Crippen LogP contribution in [0.2, 0.25) is 0 Å². The molecule has 92 valence electrons. The minimum absolute atomic E-state index is 0.119. The fourth-order valence-electron chi connectivity index (χ4n) is 1.94. The first kappa shape index (κ1) is 11.5. The summed E-state index contributed by atoms with van der Waals surface area (Å²) in [5, 5.41) is 0. The average molecular weight is 238 g/mol. The lowest BCUT2D eigenvalue weighted by Crippen LogP contribution is -2.41. The second-order valence-corrected chi connectivity index (χ2v) is 3.90. The summed E-state index contributed by atoms with van der Waals surface area (Å²) in [5.41, 5.74) is 5.22. The fourth-order valence-corrected chi connectivity index (χ4v) is 1.94. The average Bonchev–Trinajstić information content (AvgIpc) is 2.96. The van der Waals surface area contributed by atoms with Crippen molar-refractivity contribution >= 4 is 12.0 Å². The normalized spacial score (nSPS) is 19.3. The first-order valence-corrected chi connectivity index (χ1v) is 5.45. The third-order valence-electron chi connectivity index (χ3n) is 2.79. The molecule has 6 nitrogen and oxygen atoms in total. The van der Waals surface area contributed by atoms with Crippen LogP contribution in [0.5, 0.6) is 0 Å². The van der Waals surface area contributed by atoms with Gasteiger partial charge in [0.05, 0.1) is 12.3 Å². The second kappa shape index (κ2) is 4.90. The van der Waals surface area contributed by atoms with Crippen LogP contribution in [0.25, 0.3) is 0 Å². The highest BCUT2D eigenvalue weighted by atomic mass is 16.5. The summed E-state index contributed by atoms with van der Waals surface area (Å²) in [5.74, 6) is -0.361. The van der Waals surface area contributed by atoms with E-state index in [1.54, 1.807) is 6.07 Å². The number of esters is 1. The Morgan fingerprint density at radius 2 is 2.41 bits per heavy atom. The topological polar surface area (TPSA) is 85.8 Å². The zero-order valence-electron chi connectivity index (χ0n) is 9.30. The van der Waals surface area contributed by atoms with Crippen molar-refractivity contribution in [3.8, 4) is 0 Å². The van der Waals surface area contributed by atoms with Crippen LogP contribution < -0.4 is 5.73 Å². The molecule has 0 bridgehead atoms. The molecule has 17 heavy (non-hydrogen) atoms. The lowest BCUT2D eigenvalue weighted by Gasteiger charge is -2.21. The van der Waals surface area contributed by atoms with E-state index >= 15 is 0 Å². The standard InChI is InChI=1S/C11H14N2O4/c12-11(15)13-5-1-3-8(13)7-17-10(14)9-4-2-6-16-9/h2,4,6,8H,1,3,5,7H2,(H2,12,15)/t8-/m1/s1. The molecule has 0 aliphatic carbocycles. The predicted molar refractivity (Wildman–Crippen MR) is 58.3 cm³/mol. The van der Waals surface area contributed by atoms with Gasteiger partial charge in [-0.2, -0.15) is 0 Å². The molecule has 2 rings (SSSR count). The first-order chi connectivity index (χ1) is 8.18. The molecule has 1 aromatic rings. The number of amides is 2. The van der Waals surface area contributed by atoms with Crippen LogP contribution in [-0.4, -0.2) is 36.1 Å². The summed E-state index contributed by atoms with van der Waals surface area (Å²) >= 11 is 0. The molecule has 0 saturated carbocycles. The van der Waals surface area contributed by atoms with Crippen molar-refractivity contribution in [2.24, 2.45) is 5.73 Å². The highest BCUT2D eigenvalue weighted by molar-refractivity contribution is 5.86. The number of nitrogens with zero attached hydrogens (tertiary/aromatic N) is 1. The third kappa shape index (κ3) is 2.58. The number of urea groups is 1. The molecule has 2 N–H and O–H groups in total. The maximum Gasteiger partial charge on any atom is 0.374 e. The van der Waals surface area contributed by atoms with E-state index in [0.717, 1.165) is 12.8 Å². The highest BCUT2D eigenvalue weighted by Gasteiger charge is 2.28. The second-order valence-electron chi connectivity index (χ2n) is 3.90. The monoisotopic (exact) mass is 238 g/mol. The number of hydrogen-bond donors (Lipinski definition) is 1. The summed E-state index contributed by atoms with van der Waals surface area (Å²) in [6.45, 7) is 0.779. The van der Waals surface area contributed by atoms with Gasteiger partial charge in [-0.3, -0.25) is 0 Å². The molecule has 1 aromatic heterocycles. The zero-order chi connectivity index (χ0) is 12.3. The Kier molecular flexibility index (Phi) is 3.32. The number of hydrogen-bond acceptors (Lipinski definition) is 4. The van der Waals surface area contributed by atoms with Crippen LogP contribution in [0, 0.1) is 0 Å². The lowest BCUT2D eigenvalue weighted by molar-refractivity contribution is 0.0387. The Bertz CT molecular complexity index is 402. The van der Waals surface area contributed by atoms with Gasteiger partial charge in [-0.25, -0.2) is 9.59 Å². The molecule has 0 aromatic carbocycles. The molecule has 1 aliphatic rings. The number of nitrogens with two attached hydrogens (primary N) is 1. The van der Waals surface area contributed by atoms with Crippen molar-refractivity contribution < 1.29 is 18.7 Å². The number of furan rings is 1. The minimum atomic E-state index is -0.522. The van der Waals surface area contributed by atoms with Crippen molar-refractivity contribution in [2.75, 3.05) is 13.2 Å². The molecule has 1 aliphatic heterocycles. The number of carbonyl (C=O) groups is 2. The predicted octanol–water partition coefficient (Wildman–Crippen LogP) is 0.979. The van der Waals surface area contributed by atoms with Crippen LogP contribution in [0.4, 0.5) is 4.79 Å². The van der Waals surface area contributed by atoms with E-state index in [-0.39, 0.29) is 18.4 Å². The van der Waals surface area contributed by atoms with E-state index in [0.29, 0.717) is 6.54 Å². The van der Waals surface area contributed by atoms with Gasteiger partial charge in [0.1, 0.15) is 6.61 Å². The van der Waals surface area contributed by atoms with Crippen LogP contribution in [-0.2, 0) is 4.74 Å². The van der Waals surface area contributed by atoms with E-state index in [1.165, 1.54) is 17.2 Å². The lowest BCUT2D eigenvalue weighted by atomic mass is 10.2. The van der Waals surface area contributed by atoms with E-state index in [9.17, 15) is 9.59 Å². The van der Waals surface area contributed by atoms with Crippen molar-refractivity contribution in [2.45, 2.75) is 18.9 Å². The summed E-state index contributed by atoms with van der Waals surface area (Å²) in [7, 11) is 0. The van der Waals surface area contributed by atoms with Gasteiger partial charge in [0.25, 0.3) is 0 Å². The van der Waals surface area contributed by atoms with Gasteiger partial charge in [-0.05, 0) is 25.0 Å². The quantitative estimate of drug-likeness (QED) is 0.795. The molecule has 2 amide bonds. The van der Waals surface area contributed by atoms with Crippen LogP contribution >= 0.6 is 0 Å². The van der Waals surface area contributed by atoms with Gasteiger partial charge in [0.2, 0.25) is 5.76 Å². The molecular formula is C11H14N2O4. The largest absolute Gasteiger partial charge is 0.458 e. The molecule has 2 heterocycles. The zero-order valence-corrected chi connectivity index (χ0v) is 9.30. The smallest absolute Gasteiger partial charge is 0.374 e. The van der Waals surface area contributed by atoms with Crippen LogP contribution in [0.15, 0.2) is 22.8 Å². The summed E-state index contributed by atoms with van der Waals surface area (Å²) < 4.78 is 9.97. The number of ether oxygens (including phenoxy) is 1. The van der Waals surface area contributed by atoms with Gasteiger partial charge in [-0.1, -0.05) is 0 Å². The summed E-state index contributed by atoms with van der Waals surface area (Å²) in [4.78, 5) is 24.1. The molecule has 1 atom stereocenters. The van der Waals surface area contributed by atoms with E-state index in [4.69, 9.17) is 14.9 Å². The third-order valence-corrected chi connectivity index (χ3v) is 2.79. The molecule has 0 unspecified atom stereocenters. The fraction of sp³-hybridized carbons (Fsp3) is 0.455. The summed E-state index contributed by atoms with van der Waals surface area (Å²) in [6.07, 6.45) is 3.09. The molecule has 0 spiro atoms. The molecule has 1 fully saturated rings. The van der Waals surface area contributed by atoms with E-state index in [1.807, 2.05) is 0 Å². The number of carbonyl (C=O) groups excluding carboxylic acids is 2. The molecular weight excluding hydrogens is 224 g/mol. The first-order valence-electron chi connectivity index (χ1n) is 5.45. The molecule has 6 heteroatoms. The van der Waals surface area contributed by atoms with E-state index in [2.05, 4.69) is 0 Å². The number of likely N-dealkylation sites (tertiary alicyclic amines) is 1. The Morgan fingerprint density at radius 1 is 1.59 bits per heavy atom. The van der Waals surface area contributed by atoms with Gasteiger partial charge in [-0.15, -0.1) is 0 Å². The summed E-state index contributed by atoms with van der Waals surface area (Å²) in [6, 6.07) is 2.55. The Labute approximate surface area is 98.3 Å². The van der Waals surface area contributed by atoms with Gasteiger partial charge in [0, 0.05) is 6.54 Å². The van der Waals surface area contributed by atoms with Gasteiger partial charge < -0.3 is 19.8 Å². The molecule has 0 radical (unpaired) electrons. The van der Waals surface area contributed by atoms with Gasteiger partial charge in [0.15, 0.2) is 0 Å². The van der Waals surface area contributed by atoms with Crippen molar-refractivity contribution in [1.82, 2.24) is 4.90 Å². The Morgan fingerprint density at radius 3 is 3.06 bits per heavy atom. The van der Waals surface area contributed by atoms with Crippen molar-refractivity contribution in [3.63, 3.8) is 0 Å². The number of primary amides is 1. The molecule has 1 saturated heterocycles. The van der Waals surface area contributed by atoms with Crippen LogP contribution in [0.3, 0.4) is 0 Å². The van der Waals surface area contributed by atoms with Crippen molar-refractivity contribution in [3.05, 3.63) is 24.2 Å². The minimum Gasteiger partial charge on any atom is -0.458 e. The maximum atomic E-state index is 11.5. The van der Waals surface area contributed by atoms with Crippen molar-refractivity contribution in [1.29, 1.82) is 0 Å². The van der Waals surface area contributed by atoms with E-state index < -0.39 is 12.0 Å². The highest BCUT2D eigenvalue weighted by Crippen LogP contribution is 2.17. The Hall–Kier alpha value is -1.98. The van der Waals surface area contributed by atoms with Crippen LogP contribution in [0.1, 0.15) is 23.4 Å². The number of rotatable bonds is 3. The maximum absolute atomic E-state index is 11.5.